The Morgan fingerprint density at radius 2 is 1.53 bits per heavy atom. The van der Waals surface area contributed by atoms with Crippen LogP contribution in [0.15, 0.2) is 72.8 Å². The molecule has 296 valence electrons. The van der Waals surface area contributed by atoms with Crippen LogP contribution >= 0.6 is 0 Å². The van der Waals surface area contributed by atoms with Gasteiger partial charge in [0.1, 0.15) is 6.54 Å². The monoisotopic (exact) mass is 748 g/mol. The molecule has 7 nitrogen and oxygen atoms in total. The van der Waals surface area contributed by atoms with E-state index in [9.17, 15) is 24.6 Å². The molecule has 55 heavy (non-hydrogen) atoms. The van der Waals surface area contributed by atoms with Crippen LogP contribution in [0.1, 0.15) is 116 Å². The molecule has 2 aromatic carbocycles. The molecule has 7 heteroatoms. The van der Waals surface area contributed by atoms with Crippen molar-refractivity contribution in [2.45, 2.75) is 99.8 Å². The number of carboxylic acid groups (broad SMARTS) is 2. The van der Waals surface area contributed by atoms with Gasteiger partial charge in [0.05, 0.1) is 11.0 Å². The van der Waals surface area contributed by atoms with Gasteiger partial charge in [-0.3, -0.25) is 9.59 Å². The first-order valence-electron chi connectivity index (χ1n) is 20.9. The molecule has 0 saturated heterocycles. The third kappa shape index (κ3) is 6.00. The van der Waals surface area contributed by atoms with Gasteiger partial charge in [-0.15, -0.1) is 0 Å². The molecule has 7 rings (SSSR count). The summed E-state index contributed by atoms with van der Waals surface area (Å²) in [6, 6.07) is 17.1. The lowest BCUT2D eigenvalue weighted by Gasteiger charge is -2.73. The number of hydrogen-bond donors (Lipinski definition) is 3. The maximum atomic E-state index is 14.7. The Kier molecular flexibility index (Phi) is 9.99. The molecule has 0 radical (unpaired) electrons. The van der Waals surface area contributed by atoms with Crippen molar-refractivity contribution in [1.29, 1.82) is 0 Å². The highest BCUT2D eigenvalue weighted by Crippen LogP contribution is 2.78. The van der Waals surface area contributed by atoms with E-state index >= 15 is 0 Å². The minimum absolute atomic E-state index is 0.0675. The van der Waals surface area contributed by atoms with Crippen molar-refractivity contribution in [3.63, 3.8) is 0 Å². The van der Waals surface area contributed by atoms with Crippen molar-refractivity contribution in [3.8, 4) is 0 Å². The molecule has 0 heterocycles. The fourth-order valence-electron chi connectivity index (χ4n) is 14.3. The van der Waals surface area contributed by atoms with Crippen LogP contribution in [0.2, 0.25) is 0 Å². The Morgan fingerprint density at radius 3 is 2.16 bits per heavy atom. The minimum atomic E-state index is -0.893. The van der Waals surface area contributed by atoms with Crippen LogP contribution < -0.4 is 10.2 Å². The number of benzene rings is 2. The molecule has 0 aliphatic heterocycles. The first-order valence-corrected chi connectivity index (χ1v) is 20.9. The standard InChI is InChI=1S/C48H64N2O5/c1-30(2)35-20-23-48(43(55)49-26-27-50(29-40(51)52)34-12-10-9-11-13-34)25-24-45(6)36(41(35)48)18-19-39-46(45,7)22-21-38-44(4,5)37(28-31(3)47(38,39)8)32-14-16-33(17-15-32)42(53)54/h9-17,28,31,35-36,38-39,41H,1,18-27,29H2,2-8H3,(H,49,55)(H,51,52)(H,53,54)/t31-,35-,36+,38-,39?,41?,45+,46+,47-,48-/m0/s1. The summed E-state index contributed by atoms with van der Waals surface area (Å²) in [5.74, 6) is 0.778. The Balaban J connectivity index is 1.16. The maximum Gasteiger partial charge on any atom is 0.335 e. The molecule has 2 unspecified atom stereocenters. The van der Waals surface area contributed by atoms with Crippen LogP contribution in [0, 0.1) is 62.6 Å². The quantitative estimate of drug-likeness (QED) is 0.209. The van der Waals surface area contributed by atoms with Gasteiger partial charge in [0.2, 0.25) is 5.91 Å². The van der Waals surface area contributed by atoms with E-state index in [0.717, 1.165) is 49.8 Å². The molecule has 1 amide bonds. The van der Waals surface area contributed by atoms with Gasteiger partial charge in [0.15, 0.2) is 0 Å². The lowest BCUT2D eigenvalue weighted by Crippen LogP contribution is -2.67. The van der Waals surface area contributed by atoms with Gasteiger partial charge < -0.3 is 20.4 Å². The summed E-state index contributed by atoms with van der Waals surface area (Å²) in [5.41, 5.74) is 4.67. The molecular formula is C48H64N2O5. The summed E-state index contributed by atoms with van der Waals surface area (Å²) in [7, 11) is 0. The summed E-state index contributed by atoms with van der Waals surface area (Å²) >= 11 is 0. The van der Waals surface area contributed by atoms with Crippen molar-refractivity contribution in [3.05, 3.63) is 84.0 Å². The van der Waals surface area contributed by atoms with Gasteiger partial charge in [-0.05, 0) is 151 Å². The summed E-state index contributed by atoms with van der Waals surface area (Å²) in [6.07, 6.45) is 11.0. The lowest BCUT2D eigenvalue weighted by molar-refractivity contribution is -0.232. The number of amides is 1. The fourth-order valence-corrected chi connectivity index (χ4v) is 14.3. The zero-order valence-electron chi connectivity index (χ0n) is 34.3. The van der Waals surface area contributed by atoms with E-state index in [0.29, 0.717) is 48.2 Å². The number of nitrogens with one attached hydrogen (secondary N) is 1. The van der Waals surface area contributed by atoms with Crippen molar-refractivity contribution < 1.29 is 24.6 Å². The summed E-state index contributed by atoms with van der Waals surface area (Å²) in [5, 5.41) is 22.6. The van der Waals surface area contributed by atoms with Gasteiger partial charge in [0.25, 0.3) is 0 Å². The number of rotatable bonds is 10. The largest absolute Gasteiger partial charge is 0.480 e. The van der Waals surface area contributed by atoms with Crippen LogP contribution in [-0.2, 0) is 9.59 Å². The molecule has 0 bridgehead atoms. The number of allylic oxidation sites excluding steroid dienone is 3. The smallest absolute Gasteiger partial charge is 0.335 e. The van der Waals surface area contributed by atoms with Crippen LogP contribution in [0.3, 0.4) is 0 Å². The van der Waals surface area contributed by atoms with Gasteiger partial charge in [-0.25, -0.2) is 4.79 Å². The second-order valence-electron chi connectivity index (χ2n) is 19.6. The van der Waals surface area contributed by atoms with Crippen LogP contribution in [-0.4, -0.2) is 47.7 Å². The highest BCUT2D eigenvalue weighted by Gasteiger charge is 2.72. The first kappa shape index (κ1) is 39.4. The molecule has 4 fully saturated rings. The number of fused-ring (bicyclic) bond motifs is 7. The molecule has 0 spiro atoms. The SMILES string of the molecule is C=C(C)[C@@H]1CC[C@]2(C(=O)NCCN(CC(=O)O)c3ccccc3)CC[C@]3(C)[C@H](CCC4[C@@]5(C)[C@@H](C)C=C(c6ccc(C(=O)O)cc6)C(C)(C)[C@@H]5CC[C@]43C)C12. The second-order valence-corrected chi connectivity index (χ2v) is 19.6. The van der Waals surface area contributed by atoms with Crippen molar-refractivity contribution in [2.24, 2.45) is 62.6 Å². The van der Waals surface area contributed by atoms with Crippen LogP contribution in [0.25, 0.3) is 5.57 Å². The highest BCUT2D eigenvalue weighted by atomic mass is 16.4. The van der Waals surface area contributed by atoms with E-state index < -0.39 is 17.4 Å². The Bertz CT molecular complexity index is 1870. The van der Waals surface area contributed by atoms with Gasteiger partial charge in [-0.2, -0.15) is 0 Å². The average molecular weight is 749 g/mol. The normalized spacial score (nSPS) is 37.3. The second kappa shape index (κ2) is 14.0. The van der Waals surface area contributed by atoms with Gasteiger partial charge >= 0.3 is 11.9 Å². The van der Waals surface area contributed by atoms with Crippen molar-refractivity contribution in [1.82, 2.24) is 5.32 Å². The molecule has 10 atom stereocenters. The molecule has 3 N–H and O–H groups in total. The van der Waals surface area contributed by atoms with E-state index in [1.54, 1.807) is 12.1 Å². The Labute approximate surface area is 329 Å². The van der Waals surface area contributed by atoms with E-state index in [2.05, 4.69) is 66.4 Å². The zero-order chi connectivity index (χ0) is 39.7. The predicted molar refractivity (Wildman–Crippen MR) is 220 cm³/mol. The minimum Gasteiger partial charge on any atom is -0.480 e. The molecule has 5 aliphatic rings. The number of aliphatic carboxylic acids is 1. The summed E-state index contributed by atoms with van der Waals surface area (Å²) < 4.78 is 0. The number of nitrogens with zero attached hydrogens (tertiary/aromatic N) is 1. The molecule has 4 saturated carbocycles. The topological polar surface area (TPSA) is 107 Å². The van der Waals surface area contributed by atoms with E-state index in [4.69, 9.17) is 0 Å². The van der Waals surface area contributed by atoms with Crippen LogP contribution in [0.5, 0.6) is 0 Å². The molecule has 5 aliphatic carbocycles. The molecule has 0 aromatic heterocycles. The lowest BCUT2D eigenvalue weighted by atomic mass is 9.31. The van der Waals surface area contributed by atoms with Crippen molar-refractivity contribution in [2.75, 3.05) is 24.5 Å². The average Bonchev–Trinajstić information content (AvgIpc) is 3.55. The fraction of sp³-hybridized carbons (Fsp3) is 0.604. The number of carbonyl (C=O) groups is 3. The first-order chi connectivity index (χ1) is 25.9. The third-order valence-electron chi connectivity index (χ3n) is 17.2. The number of hydrogen-bond acceptors (Lipinski definition) is 4. The van der Waals surface area contributed by atoms with Gasteiger partial charge in [0, 0.05) is 18.8 Å². The highest BCUT2D eigenvalue weighted by molar-refractivity contribution is 5.88. The zero-order valence-corrected chi connectivity index (χ0v) is 34.3. The Morgan fingerprint density at radius 1 is 0.836 bits per heavy atom. The number of carboxylic acids is 2. The summed E-state index contributed by atoms with van der Waals surface area (Å²) in [4.78, 5) is 39.9. The number of aromatic carboxylic acids is 1. The Hall–Kier alpha value is -3.87. The number of anilines is 1. The van der Waals surface area contributed by atoms with Crippen molar-refractivity contribution >= 4 is 29.1 Å². The molecule has 2 aromatic rings. The van der Waals surface area contributed by atoms with E-state index in [-0.39, 0.29) is 40.0 Å². The summed E-state index contributed by atoms with van der Waals surface area (Å²) in [6.45, 7) is 22.6. The molecular weight excluding hydrogens is 685 g/mol. The van der Waals surface area contributed by atoms with Crippen LogP contribution in [0.4, 0.5) is 5.69 Å². The van der Waals surface area contributed by atoms with E-state index in [1.807, 2.05) is 47.4 Å². The maximum absolute atomic E-state index is 14.7. The number of para-hydroxylation sites is 1. The number of carbonyl (C=O) groups excluding carboxylic acids is 1. The predicted octanol–water partition coefficient (Wildman–Crippen LogP) is 9.99. The van der Waals surface area contributed by atoms with E-state index in [1.165, 1.54) is 24.0 Å². The van der Waals surface area contributed by atoms with Gasteiger partial charge in [-0.1, -0.05) is 90.1 Å². The third-order valence-corrected chi connectivity index (χ3v) is 17.2.